The van der Waals surface area contributed by atoms with E-state index in [1.54, 1.807) is 0 Å². The highest BCUT2D eigenvalue weighted by Gasteiger charge is 2.15. The van der Waals surface area contributed by atoms with E-state index < -0.39 is 0 Å². The summed E-state index contributed by atoms with van der Waals surface area (Å²) < 4.78 is 0. The maximum absolute atomic E-state index is 12.7. The van der Waals surface area contributed by atoms with Crippen LogP contribution in [0.5, 0.6) is 0 Å². The number of nitrogens with one attached hydrogen (secondary N) is 1. The molecule has 2 heterocycles. The molecule has 0 bridgehead atoms. The summed E-state index contributed by atoms with van der Waals surface area (Å²) in [5.41, 5.74) is 4.23. The molecule has 1 aliphatic heterocycles. The van der Waals surface area contributed by atoms with Crippen LogP contribution < -0.4 is 5.43 Å². The maximum Gasteiger partial charge on any atom is 0.194 e. The normalized spacial score (nSPS) is 16.7. The lowest BCUT2D eigenvalue weighted by Crippen LogP contribution is -2.32. The van der Waals surface area contributed by atoms with Crippen LogP contribution in [0.15, 0.2) is 23.0 Å². The number of fused-ring (bicyclic) bond motifs is 1. The SMILES string of the molecule is Cc1ccc2[nH]c(C)c(CN3CCCCC3)c(=O)c2c1. The fourth-order valence-corrected chi connectivity index (χ4v) is 3.10. The van der Waals surface area contributed by atoms with Crippen molar-refractivity contribution in [3.8, 4) is 0 Å². The summed E-state index contributed by atoms with van der Waals surface area (Å²) >= 11 is 0. The molecule has 1 N–H and O–H groups in total. The molecule has 1 saturated heterocycles. The number of aryl methyl sites for hydroxylation is 2. The first-order valence-corrected chi connectivity index (χ1v) is 7.49. The molecule has 3 rings (SSSR count). The van der Waals surface area contributed by atoms with Crippen molar-refractivity contribution in [3.05, 3.63) is 45.2 Å². The van der Waals surface area contributed by atoms with Gasteiger partial charge in [0.15, 0.2) is 5.43 Å². The number of likely N-dealkylation sites (tertiary alicyclic amines) is 1. The van der Waals surface area contributed by atoms with Gasteiger partial charge in [-0.3, -0.25) is 9.69 Å². The van der Waals surface area contributed by atoms with E-state index in [-0.39, 0.29) is 5.43 Å². The van der Waals surface area contributed by atoms with Crippen molar-refractivity contribution >= 4 is 10.9 Å². The third kappa shape index (κ3) is 2.50. The van der Waals surface area contributed by atoms with E-state index >= 15 is 0 Å². The molecule has 0 unspecified atom stereocenters. The second-order valence-corrected chi connectivity index (χ2v) is 5.94. The predicted octanol–water partition coefficient (Wildman–Crippen LogP) is 3.13. The maximum atomic E-state index is 12.7. The van der Waals surface area contributed by atoms with Crippen LogP contribution in [-0.4, -0.2) is 23.0 Å². The van der Waals surface area contributed by atoms with Gasteiger partial charge in [0, 0.05) is 28.7 Å². The number of aromatic nitrogens is 1. The van der Waals surface area contributed by atoms with E-state index in [2.05, 4.69) is 9.88 Å². The first-order valence-electron chi connectivity index (χ1n) is 7.49. The van der Waals surface area contributed by atoms with Crippen LogP contribution in [0, 0.1) is 13.8 Å². The van der Waals surface area contributed by atoms with Crippen molar-refractivity contribution in [1.82, 2.24) is 9.88 Å². The summed E-state index contributed by atoms with van der Waals surface area (Å²) in [6.07, 6.45) is 3.83. The van der Waals surface area contributed by atoms with Gasteiger partial charge in [-0.2, -0.15) is 0 Å². The van der Waals surface area contributed by atoms with Gasteiger partial charge in [-0.15, -0.1) is 0 Å². The number of pyridine rings is 1. The molecule has 1 aromatic carbocycles. The van der Waals surface area contributed by atoms with Gasteiger partial charge < -0.3 is 4.98 Å². The largest absolute Gasteiger partial charge is 0.358 e. The van der Waals surface area contributed by atoms with Crippen LogP contribution in [0.3, 0.4) is 0 Å². The van der Waals surface area contributed by atoms with Crippen molar-refractivity contribution in [2.75, 3.05) is 13.1 Å². The fraction of sp³-hybridized carbons (Fsp3) is 0.471. The number of piperidine rings is 1. The Kier molecular flexibility index (Phi) is 3.62. The highest BCUT2D eigenvalue weighted by Crippen LogP contribution is 2.16. The predicted molar refractivity (Wildman–Crippen MR) is 83.2 cm³/mol. The molecule has 3 nitrogen and oxygen atoms in total. The van der Waals surface area contributed by atoms with Gasteiger partial charge in [0.05, 0.1) is 0 Å². The Morgan fingerprint density at radius 1 is 1.15 bits per heavy atom. The summed E-state index contributed by atoms with van der Waals surface area (Å²) in [6, 6.07) is 6.04. The molecular weight excluding hydrogens is 248 g/mol. The molecule has 0 aliphatic carbocycles. The number of hydrogen-bond acceptors (Lipinski definition) is 2. The Balaban J connectivity index is 2.03. The second-order valence-electron chi connectivity index (χ2n) is 5.94. The molecule has 0 radical (unpaired) electrons. The van der Waals surface area contributed by atoms with E-state index in [4.69, 9.17) is 0 Å². The molecule has 20 heavy (non-hydrogen) atoms. The third-order valence-electron chi connectivity index (χ3n) is 4.30. The Hall–Kier alpha value is -1.61. The van der Waals surface area contributed by atoms with Gasteiger partial charge in [0.2, 0.25) is 0 Å². The monoisotopic (exact) mass is 270 g/mol. The standard InChI is InChI=1S/C17H22N2O/c1-12-6-7-16-14(10-12)17(20)15(13(2)18-16)11-19-8-4-3-5-9-19/h6-7,10H,3-5,8-9,11H2,1-2H3,(H,18,20). The number of benzene rings is 1. The molecular formula is C17H22N2O. The van der Waals surface area contributed by atoms with Gasteiger partial charge in [0.25, 0.3) is 0 Å². The molecule has 0 atom stereocenters. The molecule has 0 spiro atoms. The lowest BCUT2D eigenvalue weighted by atomic mass is 10.0. The number of aromatic amines is 1. The fourth-order valence-electron chi connectivity index (χ4n) is 3.10. The number of nitrogens with zero attached hydrogens (tertiary/aromatic N) is 1. The lowest BCUT2D eigenvalue weighted by Gasteiger charge is -2.26. The Morgan fingerprint density at radius 2 is 1.90 bits per heavy atom. The summed E-state index contributed by atoms with van der Waals surface area (Å²) in [5.74, 6) is 0. The zero-order chi connectivity index (χ0) is 14.1. The minimum atomic E-state index is 0.200. The Morgan fingerprint density at radius 3 is 2.65 bits per heavy atom. The molecule has 2 aromatic rings. The minimum absolute atomic E-state index is 0.200. The van der Waals surface area contributed by atoms with E-state index in [9.17, 15) is 4.79 Å². The minimum Gasteiger partial charge on any atom is -0.358 e. The van der Waals surface area contributed by atoms with Crippen molar-refractivity contribution < 1.29 is 0 Å². The zero-order valence-electron chi connectivity index (χ0n) is 12.3. The van der Waals surface area contributed by atoms with Crippen LogP contribution in [0.1, 0.15) is 36.1 Å². The average molecular weight is 270 g/mol. The average Bonchev–Trinajstić information content (AvgIpc) is 2.46. The highest BCUT2D eigenvalue weighted by atomic mass is 16.1. The van der Waals surface area contributed by atoms with Gasteiger partial charge >= 0.3 is 0 Å². The van der Waals surface area contributed by atoms with Crippen LogP contribution in [-0.2, 0) is 6.54 Å². The van der Waals surface area contributed by atoms with Crippen LogP contribution in [0.25, 0.3) is 10.9 Å². The molecule has 1 fully saturated rings. The van der Waals surface area contributed by atoms with Gasteiger partial charge in [-0.1, -0.05) is 18.1 Å². The molecule has 0 amide bonds. The number of hydrogen-bond donors (Lipinski definition) is 1. The van der Waals surface area contributed by atoms with Crippen molar-refractivity contribution in [3.63, 3.8) is 0 Å². The second kappa shape index (κ2) is 5.41. The van der Waals surface area contributed by atoms with E-state index in [0.717, 1.165) is 47.4 Å². The smallest absolute Gasteiger partial charge is 0.194 e. The first-order chi connectivity index (χ1) is 9.65. The zero-order valence-corrected chi connectivity index (χ0v) is 12.3. The summed E-state index contributed by atoms with van der Waals surface area (Å²) in [5, 5.41) is 0.822. The molecule has 1 aliphatic rings. The van der Waals surface area contributed by atoms with Crippen molar-refractivity contribution in [1.29, 1.82) is 0 Å². The number of H-pyrrole nitrogens is 1. The first kappa shape index (κ1) is 13.4. The van der Waals surface area contributed by atoms with Gasteiger partial charge in [-0.25, -0.2) is 0 Å². The Bertz CT molecular complexity index is 681. The van der Waals surface area contributed by atoms with E-state index in [1.165, 1.54) is 19.3 Å². The molecule has 0 saturated carbocycles. The van der Waals surface area contributed by atoms with Crippen LogP contribution in [0.4, 0.5) is 0 Å². The summed E-state index contributed by atoms with van der Waals surface area (Å²) in [4.78, 5) is 18.5. The number of rotatable bonds is 2. The highest BCUT2D eigenvalue weighted by molar-refractivity contribution is 5.80. The van der Waals surface area contributed by atoms with Crippen molar-refractivity contribution in [2.24, 2.45) is 0 Å². The van der Waals surface area contributed by atoms with Crippen LogP contribution in [0.2, 0.25) is 0 Å². The van der Waals surface area contributed by atoms with Gasteiger partial charge in [0.1, 0.15) is 0 Å². The van der Waals surface area contributed by atoms with E-state index in [0.29, 0.717) is 0 Å². The van der Waals surface area contributed by atoms with E-state index in [1.807, 2.05) is 32.0 Å². The van der Waals surface area contributed by atoms with Gasteiger partial charge in [-0.05, 0) is 51.9 Å². The molecule has 1 aromatic heterocycles. The van der Waals surface area contributed by atoms with Crippen LogP contribution >= 0.6 is 0 Å². The summed E-state index contributed by atoms with van der Waals surface area (Å²) in [7, 11) is 0. The summed E-state index contributed by atoms with van der Waals surface area (Å²) in [6.45, 7) is 7.06. The molecule has 3 heteroatoms. The third-order valence-corrected chi connectivity index (χ3v) is 4.30. The Labute approximate surface area is 119 Å². The lowest BCUT2D eigenvalue weighted by molar-refractivity contribution is 0.220. The van der Waals surface area contributed by atoms with Crippen molar-refractivity contribution in [2.45, 2.75) is 39.7 Å². The molecule has 106 valence electrons. The topological polar surface area (TPSA) is 36.1 Å². The quantitative estimate of drug-likeness (QED) is 0.910.